The number of thioether (sulfide) groups is 1. The largest absolute Gasteiger partial charge is 0.493 e. The lowest BCUT2D eigenvalue weighted by molar-refractivity contribution is 0.102. The number of anilines is 2. The lowest BCUT2D eigenvalue weighted by Crippen LogP contribution is -2.14. The van der Waals surface area contributed by atoms with E-state index in [1.165, 1.54) is 7.11 Å². The average molecular weight is 393 g/mol. The number of nitrogens with zero attached hydrogens (tertiary/aromatic N) is 1. The van der Waals surface area contributed by atoms with Gasteiger partial charge < -0.3 is 20.1 Å². The molecular formula is C21H19N3O3S. The maximum absolute atomic E-state index is 12.8. The van der Waals surface area contributed by atoms with Crippen molar-refractivity contribution in [1.29, 1.82) is 0 Å². The van der Waals surface area contributed by atoms with Gasteiger partial charge in [0.2, 0.25) is 0 Å². The molecule has 0 saturated carbocycles. The highest BCUT2D eigenvalue weighted by Crippen LogP contribution is 2.45. The second kappa shape index (κ2) is 7.82. The normalized spacial score (nSPS) is 14.7. The van der Waals surface area contributed by atoms with Gasteiger partial charge in [-0.25, -0.2) is 4.98 Å². The standard InChI is InChI=1S/C21H19N3O3S/c1-26-17-10-4-8-15(18(17)27-2)19(25)23-14-7-3-6-13(12-14)20-24-16-9-5-11-22-21(16)28-20/h3-12,20,24H,1-2H3,(H,23,25). The van der Waals surface area contributed by atoms with E-state index in [1.54, 1.807) is 43.3 Å². The molecular weight excluding hydrogens is 374 g/mol. The van der Waals surface area contributed by atoms with E-state index in [1.807, 2.05) is 36.4 Å². The summed E-state index contributed by atoms with van der Waals surface area (Å²) in [5.41, 5.74) is 3.20. The number of amides is 1. The summed E-state index contributed by atoms with van der Waals surface area (Å²) in [5, 5.41) is 7.41. The number of para-hydroxylation sites is 1. The second-order valence-electron chi connectivity index (χ2n) is 6.12. The second-order valence-corrected chi connectivity index (χ2v) is 7.21. The van der Waals surface area contributed by atoms with Crippen molar-refractivity contribution >= 4 is 29.0 Å². The smallest absolute Gasteiger partial charge is 0.259 e. The van der Waals surface area contributed by atoms with Crippen LogP contribution in [0.4, 0.5) is 11.4 Å². The first-order chi connectivity index (χ1) is 13.7. The molecule has 0 saturated heterocycles. The molecule has 0 spiro atoms. The minimum atomic E-state index is -0.259. The molecule has 6 nitrogen and oxygen atoms in total. The van der Waals surface area contributed by atoms with Crippen LogP contribution in [0, 0.1) is 0 Å². The molecule has 142 valence electrons. The molecule has 1 atom stereocenters. The van der Waals surface area contributed by atoms with Crippen LogP contribution in [0.2, 0.25) is 0 Å². The van der Waals surface area contributed by atoms with E-state index < -0.39 is 0 Å². The van der Waals surface area contributed by atoms with E-state index in [2.05, 4.69) is 15.6 Å². The van der Waals surface area contributed by atoms with E-state index in [0.29, 0.717) is 22.7 Å². The Morgan fingerprint density at radius 2 is 1.96 bits per heavy atom. The summed E-state index contributed by atoms with van der Waals surface area (Å²) >= 11 is 1.65. The summed E-state index contributed by atoms with van der Waals surface area (Å²) in [6, 6.07) is 16.9. The van der Waals surface area contributed by atoms with Gasteiger partial charge in [-0.15, -0.1) is 0 Å². The molecule has 2 N–H and O–H groups in total. The fraction of sp³-hybridized carbons (Fsp3) is 0.143. The number of methoxy groups -OCH3 is 2. The molecule has 0 bridgehead atoms. The summed E-state index contributed by atoms with van der Waals surface area (Å²) in [4.78, 5) is 17.2. The van der Waals surface area contributed by atoms with E-state index in [0.717, 1.165) is 16.3 Å². The zero-order valence-electron chi connectivity index (χ0n) is 15.4. The van der Waals surface area contributed by atoms with Crippen molar-refractivity contribution < 1.29 is 14.3 Å². The summed E-state index contributed by atoms with van der Waals surface area (Å²) in [6.45, 7) is 0. The van der Waals surface area contributed by atoms with Gasteiger partial charge in [0.05, 0.1) is 25.5 Å². The molecule has 2 heterocycles. The van der Waals surface area contributed by atoms with E-state index in [9.17, 15) is 4.79 Å². The molecule has 1 unspecified atom stereocenters. The van der Waals surface area contributed by atoms with Crippen LogP contribution in [0.15, 0.2) is 65.8 Å². The minimum Gasteiger partial charge on any atom is -0.493 e. The third-order valence-corrected chi connectivity index (χ3v) is 5.56. The third-order valence-electron chi connectivity index (χ3n) is 4.38. The van der Waals surface area contributed by atoms with Gasteiger partial charge >= 0.3 is 0 Å². The Bertz CT molecular complexity index is 1000. The number of ether oxygens (including phenoxy) is 2. The van der Waals surface area contributed by atoms with Gasteiger partial charge in [-0.05, 0) is 42.0 Å². The molecule has 7 heteroatoms. The zero-order chi connectivity index (χ0) is 19.5. The van der Waals surface area contributed by atoms with Crippen LogP contribution in [0.25, 0.3) is 0 Å². The fourth-order valence-electron chi connectivity index (χ4n) is 3.07. The lowest BCUT2D eigenvalue weighted by atomic mass is 10.1. The Labute approximate surface area is 167 Å². The van der Waals surface area contributed by atoms with Gasteiger partial charge in [0.1, 0.15) is 10.4 Å². The molecule has 4 rings (SSSR count). The topological polar surface area (TPSA) is 72.5 Å². The molecule has 3 aromatic rings. The van der Waals surface area contributed by atoms with E-state index in [-0.39, 0.29) is 11.3 Å². The number of rotatable bonds is 5. The Morgan fingerprint density at radius 3 is 2.75 bits per heavy atom. The van der Waals surface area contributed by atoms with Crippen LogP contribution in [0.1, 0.15) is 21.3 Å². The van der Waals surface area contributed by atoms with Crippen molar-refractivity contribution in [2.24, 2.45) is 0 Å². The summed E-state index contributed by atoms with van der Waals surface area (Å²) in [5.74, 6) is 0.666. The Kier molecular flexibility index (Phi) is 5.08. The molecule has 0 radical (unpaired) electrons. The van der Waals surface area contributed by atoms with E-state index in [4.69, 9.17) is 9.47 Å². The number of fused-ring (bicyclic) bond motifs is 1. The monoisotopic (exact) mass is 393 g/mol. The number of aromatic nitrogens is 1. The van der Waals surface area contributed by atoms with Crippen LogP contribution in [0.5, 0.6) is 11.5 Å². The average Bonchev–Trinajstić information content (AvgIpc) is 3.17. The third kappa shape index (κ3) is 3.48. The molecule has 1 aromatic heterocycles. The molecule has 1 aliphatic heterocycles. The highest BCUT2D eigenvalue weighted by atomic mass is 32.2. The number of hydrogen-bond acceptors (Lipinski definition) is 6. The van der Waals surface area contributed by atoms with Crippen LogP contribution >= 0.6 is 11.8 Å². The molecule has 28 heavy (non-hydrogen) atoms. The number of nitrogens with one attached hydrogen (secondary N) is 2. The van der Waals surface area contributed by atoms with Gasteiger partial charge in [-0.2, -0.15) is 0 Å². The first kappa shape index (κ1) is 18.2. The van der Waals surface area contributed by atoms with Gasteiger partial charge in [0.15, 0.2) is 11.5 Å². The predicted molar refractivity (Wildman–Crippen MR) is 110 cm³/mol. The molecule has 0 fully saturated rings. The summed E-state index contributed by atoms with van der Waals surface area (Å²) in [7, 11) is 3.06. The van der Waals surface area contributed by atoms with Crippen LogP contribution in [-0.2, 0) is 0 Å². The predicted octanol–water partition coefficient (Wildman–Crippen LogP) is 4.57. The van der Waals surface area contributed by atoms with Crippen molar-refractivity contribution in [3.8, 4) is 11.5 Å². The van der Waals surface area contributed by atoms with Crippen molar-refractivity contribution in [3.63, 3.8) is 0 Å². The first-order valence-corrected chi connectivity index (χ1v) is 9.58. The highest BCUT2D eigenvalue weighted by molar-refractivity contribution is 8.00. The Morgan fingerprint density at radius 1 is 1.11 bits per heavy atom. The highest BCUT2D eigenvalue weighted by Gasteiger charge is 2.24. The van der Waals surface area contributed by atoms with Crippen molar-refractivity contribution in [1.82, 2.24) is 4.98 Å². The van der Waals surface area contributed by atoms with Gasteiger partial charge in [-0.1, -0.05) is 30.0 Å². The lowest BCUT2D eigenvalue weighted by Gasteiger charge is -2.14. The van der Waals surface area contributed by atoms with Gasteiger partial charge in [-0.3, -0.25) is 4.79 Å². The fourth-order valence-corrected chi connectivity index (χ4v) is 4.14. The molecule has 0 aliphatic carbocycles. The maximum atomic E-state index is 12.8. The number of pyridine rings is 1. The van der Waals surface area contributed by atoms with Crippen LogP contribution in [0.3, 0.4) is 0 Å². The maximum Gasteiger partial charge on any atom is 0.259 e. The quantitative estimate of drug-likeness (QED) is 0.662. The van der Waals surface area contributed by atoms with Crippen molar-refractivity contribution in [3.05, 3.63) is 71.9 Å². The molecule has 1 aliphatic rings. The van der Waals surface area contributed by atoms with Crippen molar-refractivity contribution in [2.45, 2.75) is 10.4 Å². The van der Waals surface area contributed by atoms with E-state index >= 15 is 0 Å². The molecule has 1 amide bonds. The Balaban J connectivity index is 1.54. The number of carbonyl (C=O) groups excluding carboxylic acids is 1. The first-order valence-electron chi connectivity index (χ1n) is 8.70. The summed E-state index contributed by atoms with van der Waals surface area (Å²) in [6.07, 6.45) is 1.79. The molecule has 2 aromatic carbocycles. The SMILES string of the molecule is COc1cccc(C(=O)Nc2cccc(C3Nc4cccnc4S3)c2)c1OC. The number of benzene rings is 2. The minimum absolute atomic E-state index is 0.0492. The van der Waals surface area contributed by atoms with Crippen molar-refractivity contribution in [2.75, 3.05) is 24.9 Å². The number of hydrogen-bond donors (Lipinski definition) is 2. The summed E-state index contributed by atoms with van der Waals surface area (Å²) < 4.78 is 10.6. The Hall–Kier alpha value is -3.19. The van der Waals surface area contributed by atoms with Crippen LogP contribution < -0.4 is 20.1 Å². The number of carbonyl (C=O) groups is 1. The van der Waals surface area contributed by atoms with Crippen LogP contribution in [-0.4, -0.2) is 25.1 Å². The van der Waals surface area contributed by atoms with Gasteiger partial charge in [0, 0.05) is 11.9 Å². The zero-order valence-corrected chi connectivity index (χ0v) is 16.2. The van der Waals surface area contributed by atoms with Gasteiger partial charge in [0.25, 0.3) is 5.91 Å².